The van der Waals surface area contributed by atoms with Gasteiger partial charge in [0, 0.05) is 23.8 Å². The summed E-state index contributed by atoms with van der Waals surface area (Å²) < 4.78 is 25.5. The van der Waals surface area contributed by atoms with E-state index < -0.39 is 11.8 Å². The van der Waals surface area contributed by atoms with Gasteiger partial charge in [-0.3, -0.25) is 0 Å². The van der Waals surface area contributed by atoms with E-state index in [0.717, 1.165) is 33.9 Å². The molecule has 0 spiro atoms. The number of carboxylic acid groups (broad SMARTS) is 1. The topological polar surface area (TPSA) is 72.6 Å². The number of ether oxygens (including phenoxy) is 1. The van der Waals surface area contributed by atoms with Crippen molar-refractivity contribution in [2.45, 2.75) is 20.5 Å². The van der Waals surface area contributed by atoms with Crippen LogP contribution in [0.3, 0.4) is 0 Å². The highest BCUT2D eigenvalue weighted by Crippen LogP contribution is 2.35. The van der Waals surface area contributed by atoms with Crippen LogP contribution in [0, 0.1) is 12.7 Å². The highest BCUT2D eigenvalue weighted by atomic mass is 19.1. The summed E-state index contributed by atoms with van der Waals surface area (Å²) in [4.78, 5) is 11.1. The first-order chi connectivity index (χ1) is 15.5. The molecular formula is C26H22FNO4. The summed E-state index contributed by atoms with van der Waals surface area (Å²) in [5.41, 5.74) is 5.60. The fourth-order valence-electron chi connectivity index (χ4n) is 3.69. The van der Waals surface area contributed by atoms with Crippen LogP contribution in [-0.4, -0.2) is 22.8 Å². The van der Waals surface area contributed by atoms with Crippen LogP contribution < -0.4 is 0 Å². The Hall–Kier alpha value is -3.77. The van der Waals surface area contributed by atoms with Crippen LogP contribution in [0.1, 0.15) is 28.4 Å². The van der Waals surface area contributed by atoms with Gasteiger partial charge in [0.05, 0.1) is 12.2 Å². The van der Waals surface area contributed by atoms with Crippen molar-refractivity contribution in [3.8, 4) is 33.7 Å². The zero-order valence-electron chi connectivity index (χ0n) is 17.8. The van der Waals surface area contributed by atoms with Gasteiger partial charge in [-0.1, -0.05) is 53.7 Å². The number of halogens is 1. The summed E-state index contributed by atoms with van der Waals surface area (Å²) in [7, 11) is 0. The van der Waals surface area contributed by atoms with Crippen LogP contribution in [-0.2, 0) is 11.3 Å². The average molecular weight is 431 g/mol. The first kappa shape index (κ1) is 21.5. The number of benzene rings is 3. The molecule has 0 saturated heterocycles. The minimum Gasteiger partial charge on any atom is -0.478 e. The Morgan fingerprint density at radius 1 is 1.03 bits per heavy atom. The molecule has 162 valence electrons. The Kier molecular flexibility index (Phi) is 6.14. The molecule has 1 aromatic heterocycles. The number of carbonyl (C=O) groups is 1. The monoisotopic (exact) mass is 431 g/mol. The van der Waals surface area contributed by atoms with E-state index in [-0.39, 0.29) is 5.56 Å². The molecule has 6 heteroatoms. The summed E-state index contributed by atoms with van der Waals surface area (Å²) in [6.07, 6.45) is 0. The second-order valence-electron chi connectivity index (χ2n) is 7.34. The second-order valence-corrected chi connectivity index (χ2v) is 7.34. The van der Waals surface area contributed by atoms with E-state index in [4.69, 9.17) is 14.4 Å². The van der Waals surface area contributed by atoms with Gasteiger partial charge in [0.15, 0.2) is 5.76 Å². The summed E-state index contributed by atoms with van der Waals surface area (Å²) in [5.74, 6) is -1.61. The zero-order valence-corrected chi connectivity index (χ0v) is 17.8. The average Bonchev–Trinajstić information content (AvgIpc) is 3.28. The molecule has 32 heavy (non-hydrogen) atoms. The van der Waals surface area contributed by atoms with Gasteiger partial charge >= 0.3 is 5.97 Å². The van der Waals surface area contributed by atoms with Gasteiger partial charge < -0.3 is 14.4 Å². The predicted molar refractivity (Wildman–Crippen MR) is 120 cm³/mol. The van der Waals surface area contributed by atoms with Crippen molar-refractivity contribution in [1.29, 1.82) is 0 Å². The molecule has 3 aromatic carbocycles. The van der Waals surface area contributed by atoms with Crippen LogP contribution in [0.5, 0.6) is 0 Å². The van der Waals surface area contributed by atoms with Crippen molar-refractivity contribution in [2.24, 2.45) is 0 Å². The number of aromatic carboxylic acids is 1. The molecular weight excluding hydrogens is 409 g/mol. The molecule has 0 radical (unpaired) electrons. The van der Waals surface area contributed by atoms with Crippen molar-refractivity contribution in [3.63, 3.8) is 0 Å². The smallest absolute Gasteiger partial charge is 0.338 e. The summed E-state index contributed by atoms with van der Waals surface area (Å²) >= 11 is 0. The molecule has 1 N–H and O–H groups in total. The lowest BCUT2D eigenvalue weighted by Gasteiger charge is -2.15. The van der Waals surface area contributed by atoms with Gasteiger partial charge in [-0.05, 0) is 48.2 Å². The van der Waals surface area contributed by atoms with Crippen LogP contribution >= 0.6 is 0 Å². The van der Waals surface area contributed by atoms with E-state index in [0.29, 0.717) is 30.2 Å². The largest absolute Gasteiger partial charge is 0.478 e. The Labute approximate surface area is 185 Å². The Balaban J connectivity index is 1.75. The third-order valence-corrected chi connectivity index (χ3v) is 5.40. The highest BCUT2D eigenvalue weighted by molar-refractivity contribution is 5.88. The fraction of sp³-hybridized carbons (Fsp3) is 0.154. The summed E-state index contributed by atoms with van der Waals surface area (Å²) in [6.45, 7) is 4.98. The number of hydrogen-bond acceptors (Lipinski definition) is 4. The van der Waals surface area contributed by atoms with E-state index in [1.165, 1.54) is 12.1 Å². The van der Waals surface area contributed by atoms with Crippen LogP contribution in [0.2, 0.25) is 0 Å². The molecule has 4 rings (SSSR count). The van der Waals surface area contributed by atoms with E-state index in [1.807, 2.05) is 37.3 Å². The lowest BCUT2D eigenvalue weighted by Crippen LogP contribution is -2.00. The highest BCUT2D eigenvalue weighted by Gasteiger charge is 2.18. The SMILES string of the molecule is CCOCc1c(-c2cc(-c3ccc(C(=O)O)c(F)c3)no2)ccc(-c2ccccc2)c1C. The number of rotatable bonds is 7. The van der Waals surface area contributed by atoms with Gasteiger partial charge in [-0.25, -0.2) is 9.18 Å². The van der Waals surface area contributed by atoms with E-state index >= 15 is 0 Å². The maximum atomic E-state index is 14.1. The third-order valence-electron chi connectivity index (χ3n) is 5.40. The van der Waals surface area contributed by atoms with Crippen molar-refractivity contribution in [2.75, 3.05) is 6.61 Å². The van der Waals surface area contributed by atoms with Crippen molar-refractivity contribution in [1.82, 2.24) is 5.16 Å². The van der Waals surface area contributed by atoms with Crippen LogP contribution in [0.25, 0.3) is 33.7 Å². The fourth-order valence-corrected chi connectivity index (χ4v) is 3.69. The molecule has 4 aromatic rings. The van der Waals surface area contributed by atoms with E-state index in [9.17, 15) is 9.18 Å². The molecule has 0 aliphatic carbocycles. The Morgan fingerprint density at radius 3 is 2.47 bits per heavy atom. The van der Waals surface area contributed by atoms with Gasteiger partial charge in [0.1, 0.15) is 11.5 Å². The minimum atomic E-state index is -1.32. The summed E-state index contributed by atoms with van der Waals surface area (Å²) in [5, 5.41) is 13.1. The molecule has 0 atom stereocenters. The van der Waals surface area contributed by atoms with Crippen LogP contribution in [0.15, 0.2) is 71.3 Å². The number of nitrogens with zero attached hydrogens (tertiary/aromatic N) is 1. The quantitative estimate of drug-likeness (QED) is 0.369. The summed E-state index contributed by atoms with van der Waals surface area (Å²) in [6, 6.07) is 19.7. The standard InChI is InChI=1S/C26H22FNO4/c1-3-31-15-22-16(2)19(17-7-5-4-6-8-17)11-12-20(22)25-14-24(28-32-25)18-9-10-21(26(29)30)23(27)13-18/h4-14H,3,15H2,1-2H3,(H,29,30). The normalized spacial score (nSPS) is 11.0. The van der Waals surface area contributed by atoms with Crippen molar-refractivity contribution in [3.05, 3.63) is 89.2 Å². The molecule has 0 fully saturated rings. The van der Waals surface area contributed by atoms with Crippen LogP contribution in [0.4, 0.5) is 4.39 Å². The minimum absolute atomic E-state index is 0.386. The second kappa shape index (κ2) is 9.16. The molecule has 0 amide bonds. The van der Waals surface area contributed by atoms with Gasteiger partial charge in [0.25, 0.3) is 0 Å². The molecule has 1 heterocycles. The lowest BCUT2D eigenvalue weighted by molar-refractivity contribution is 0.0692. The molecule has 0 aliphatic rings. The lowest BCUT2D eigenvalue weighted by atomic mass is 9.92. The zero-order chi connectivity index (χ0) is 22.7. The Morgan fingerprint density at radius 2 is 1.78 bits per heavy atom. The van der Waals surface area contributed by atoms with Gasteiger partial charge in [0.2, 0.25) is 0 Å². The maximum absolute atomic E-state index is 14.1. The maximum Gasteiger partial charge on any atom is 0.338 e. The Bertz CT molecular complexity index is 1260. The predicted octanol–water partition coefficient (Wildman–Crippen LogP) is 6.36. The molecule has 0 bridgehead atoms. The molecule has 0 saturated carbocycles. The first-order valence-electron chi connectivity index (χ1n) is 10.3. The number of carboxylic acids is 1. The van der Waals surface area contributed by atoms with Gasteiger partial charge in [-0.15, -0.1) is 0 Å². The first-order valence-corrected chi connectivity index (χ1v) is 10.3. The van der Waals surface area contributed by atoms with Crippen molar-refractivity contribution >= 4 is 5.97 Å². The number of aromatic nitrogens is 1. The third kappa shape index (κ3) is 4.18. The molecule has 5 nitrogen and oxygen atoms in total. The van der Waals surface area contributed by atoms with E-state index in [1.54, 1.807) is 6.07 Å². The van der Waals surface area contributed by atoms with Crippen molar-refractivity contribution < 1.29 is 23.6 Å². The molecule has 0 unspecified atom stereocenters. The van der Waals surface area contributed by atoms with Gasteiger partial charge in [-0.2, -0.15) is 0 Å². The number of hydrogen-bond donors (Lipinski definition) is 1. The van der Waals surface area contributed by atoms with E-state index in [2.05, 4.69) is 24.2 Å². The molecule has 0 aliphatic heterocycles.